The lowest BCUT2D eigenvalue weighted by Crippen LogP contribution is -2.15. The Labute approximate surface area is 166 Å². The summed E-state index contributed by atoms with van der Waals surface area (Å²) in [6.07, 6.45) is 9.40. The van der Waals surface area contributed by atoms with E-state index in [1.165, 1.54) is 0 Å². The molecule has 1 aliphatic heterocycles. The smallest absolute Gasteiger partial charge is 0.290 e. The van der Waals surface area contributed by atoms with Gasteiger partial charge in [-0.2, -0.15) is 0 Å². The first-order valence-electron chi connectivity index (χ1n) is 8.78. The zero-order chi connectivity index (χ0) is 20.9. The van der Waals surface area contributed by atoms with Crippen LogP contribution in [0.3, 0.4) is 0 Å². The molecule has 3 aromatic rings. The number of fused-ring (bicyclic) bond motifs is 1. The number of hydrogen-bond donors (Lipinski definition) is 3. The van der Waals surface area contributed by atoms with E-state index >= 15 is 0 Å². The van der Waals surface area contributed by atoms with Crippen LogP contribution in [0.15, 0.2) is 43.0 Å². The van der Waals surface area contributed by atoms with E-state index in [-0.39, 0.29) is 12.9 Å². The van der Waals surface area contributed by atoms with Crippen molar-refractivity contribution in [3.63, 3.8) is 0 Å². The number of nitrogens with one attached hydrogen (secondary N) is 1. The number of benzene rings is 1. The van der Waals surface area contributed by atoms with Gasteiger partial charge in [-0.25, -0.2) is 9.97 Å². The SMILES string of the molecule is O=CO.O=CO.c1c[nH]c(CCCn2ccnc2-c2ccc3c(c2)OCCO3)n1. The lowest BCUT2D eigenvalue weighted by atomic mass is 10.1. The van der Waals surface area contributed by atoms with E-state index in [9.17, 15) is 0 Å². The average molecular weight is 402 g/mol. The van der Waals surface area contributed by atoms with Crippen molar-refractivity contribution < 1.29 is 29.3 Å². The second-order valence-corrected chi connectivity index (χ2v) is 5.65. The number of nitrogens with zero attached hydrogens (tertiary/aromatic N) is 3. The Morgan fingerprint density at radius 3 is 2.48 bits per heavy atom. The Kier molecular flexibility index (Phi) is 8.74. The summed E-state index contributed by atoms with van der Waals surface area (Å²) in [7, 11) is 0. The Hall–Kier alpha value is -3.82. The summed E-state index contributed by atoms with van der Waals surface area (Å²) in [5.41, 5.74) is 1.04. The highest BCUT2D eigenvalue weighted by molar-refractivity contribution is 5.61. The molecule has 0 amide bonds. The minimum Gasteiger partial charge on any atom is -0.486 e. The number of aryl methyl sites for hydroxylation is 2. The molecule has 0 fully saturated rings. The first-order chi connectivity index (χ1) is 14.2. The number of carboxylic acid groups (broad SMARTS) is 2. The Balaban J connectivity index is 0.000000449. The van der Waals surface area contributed by atoms with E-state index in [1.807, 2.05) is 36.8 Å². The highest BCUT2D eigenvalue weighted by Crippen LogP contribution is 2.34. The quantitative estimate of drug-likeness (QED) is 0.551. The molecule has 10 heteroatoms. The van der Waals surface area contributed by atoms with Crippen LogP contribution in [0.4, 0.5) is 0 Å². The number of aromatic nitrogens is 4. The van der Waals surface area contributed by atoms with Gasteiger partial charge in [0.1, 0.15) is 24.9 Å². The first-order valence-corrected chi connectivity index (χ1v) is 8.78. The minimum atomic E-state index is -0.250. The fourth-order valence-corrected chi connectivity index (χ4v) is 2.78. The fourth-order valence-electron chi connectivity index (χ4n) is 2.78. The molecule has 10 nitrogen and oxygen atoms in total. The molecule has 0 unspecified atom stereocenters. The topological polar surface area (TPSA) is 140 Å². The van der Waals surface area contributed by atoms with Crippen LogP contribution in [-0.4, -0.2) is 55.9 Å². The van der Waals surface area contributed by atoms with Crippen LogP contribution in [0.1, 0.15) is 12.2 Å². The van der Waals surface area contributed by atoms with Gasteiger partial charge in [-0.3, -0.25) is 9.59 Å². The van der Waals surface area contributed by atoms with Crippen molar-refractivity contribution in [3.05, 3.63) is 48.8 Å². The van der Waals surface area contributed by atoms with Gasteiger partial charge in [-0.15, -0.1) is 0 Å². The zero-order valence-electron chi connectivity index (χ0n) is 15.6. The third-order valence-electron chi connectivity index (χ3n) is 3.88. The van der Waals surface area contributed by atoms with Crippen molar-refractivity contribution in [1.29, 1.82) is 0 Å². The summed E-state index contributed by atoms with van der Waals surface area (Å²) in [6.45, 7) is 1.59. The van der Waals surface area contributed by atoms with Gasteiger partial charge < -0.3 is 29.2 Å². The molecule has 1 aliphatic rings. The van der Waals surface area contributed by atoms with E-state index in [4.69, 9.17) is 29.3 Å². The van der Waals surface area contributed by atoms with E-state index < -0.39 is 0 Å². The maximum atomic E-state index is 8.36. The average Bonchev–Trinajstić information content (AvgIpc) is 3.41. The lowest BCUT2D eigenvalue weighted by molar-refractivity contribution is -0.123. The van der Waals surface area contributed by atoms with Crippen LogP contribution >= 0.6 is 0 Å². The van der Waals surface area contributed by atoms with E-state index in [0.29, 0.717) is 13.2 Å². The van der Waals surface area contributed by atoms with Gasteiger partial charge in [0, 0.05) is 43.3 Å². The van der Waals surface area contributed by atoms with Gasteiger partial charge >= 0.3 is 0 Å². The van der Waals surface area contributed by atoms with Crippen molar-refractivity contribution in [3.8, 4) is 22.9 Å². The van der Waals surface area contributed by atoms with Crippen LogP contribution in [0.5, 0.6) is 11.5 Å². The lowest BCUT2D eigenvalue weighted by Gasteiger charge is -2.19. The van der Waals surface area contributed by atoms with Crippen molar-refractivity contribution in [2.45, 2.75) is 19.4 Å². The van der Waals surface area contributed by atoms with Crippen molar-refractivity contribution in [2.75, 3.05) is 13.2 Å². The molecular formula is C19H22N4O6. The molecule has 0 saturated heterocycles. The normalized spacial score (nSPS) is 11.3. The van der Waals surface area contributed by atoms with Crippen molar-refractivity contribution in [2.24, 2.45) is 0 Å². The maximum Gasteiger partial charge on any atom is 0.290 e. The predicted octanol–water partition coefficient (Wildman–Crippen LogP) is 2.08. The summed E-state index contributed by atoms with van der Waals surface area (Å²) in [5, 5.41) is 13.8. The molecule has 0 spiro atoms. The van der Waals surface area contributed by atoms with Gasteiger partial charge in [0.15, 0.2) is 11.5 Å². The number of rotatable bonds is 5. The molecule has 154 valence electrons. The van der Waals surface area contributed by atoms with E-state index in [0.717, 1.165) is 48.1 Å². The molecule has 2 aromatic heterocycles. The number of carbonyl (C=O) groups is 2. The van der Waals surface area contributed by atoms with Crippen LogP contribution in [0.2, 0.25) is 0 Å². The van der Waals surface area contributed by atoms with Gasteiger partial charge in [0.2, 0.25) is 0 Å². The minimum absolute atomic E-state index is 0.250. The fraction of sp³-hybridized carbons (Fsp3) is 0.263. The largest absolute Gasteiger partial charge is 0.486 e. The summed E-state index contributed by atoms with van der Waals surface area (Å²) in [4.78, 5) is 28.6. The molecular weight excluding hydrogens is 380 g/mol. The summed E-state index contributed by atoms with van der Waals surface area (Å²) >= 11 is 0. The molecule has 0 saturated carbocycles. The molecule has 0 atom stereocenters. The molecule has 29 heavy (non-hydrogen) atoms. The Morgan fingerprint density at radius 2 is 1.79 bits per heavy atom. The standard InChI is InChI=1S/C17H18N4O2.2CH2O2/c1(2-16-18-5-6-19-16)8-21-9-7-20-17(21)13-3-4-14-15(12-13)23-11-10-22-14;2*2-1-3/h3-7,9,12H,1-2,8,10-11H2,(H,18,19);2*1H,(H,2,3). The van der Waals surface area contributed by atoms with Crippen molar-refractivity contribution >= 4 is 12.9 Å². The second kappa shape index (κ2) is 11.8. The molecule has 0 aliphatic carbocycles. The third kappa shape index (κ3) is 6.38. The number of imidazole rings is 2. The van der Waals surface area contributed by atoms with Crippen LogP contribution in [0.25, 0.3) is 11.4 Å². The number of H-pyrrole nitrogens is 1. The molecule has 3 N–H and O–H groups in total. The molecule has 3 heterocycles. The molecule has 1 aromatic carbocycles. The molecule has 0 radical (unpaired) electrons. The van der Waals surface area contributed by atoms with Gasteiger partial charge in [0.25, 0.3) is 12.9 Å². The van der Waals surface area contributed by atoms with Gasteiger partial charge in [0.05, 0.1) is 0 Å². The van der Waals surface area contributed by atoms with E-state index in [1.54, 1.807) is 6.20 Å². The van der Waals surface area contributed by atoms with Gasteiger partial charge in [-0.05, 0) is 24.6 Å². The maximum absolute atomic E-state index is 8.36. The molecule has 0 bridgehead atoms. The highest BCUT2D eigenvalue weighted by atomic mass is 16.6. The molecule has 4 rings (SSSR count). The van der Waals surface area contributed by atoms with Crippen LogP contribution in [-0.2, 0) is 22.6 Å². The predicted molar refractivity (Wildman–Crippen MR) is 103 cm³/mol. The van der Waals surface area contributed by atoms with Crippen LogP contribution < -0.4 is 9.47 Å². The van der Waals surface area contributed by atoms with E-state index in [2.05, 4.69) is 19.5 Å². The Morgan fingerprint density at radius 1 is 1.07 bits per heavy atom. The van der Waals surface area contributed by atoms with Crippen molar-refractivity contribution in [1.82, 2.24) is 19.5 Å². The summed E-state index contributed by atoms with van der Waals surface area (Å²) in [6, 6.07) is 5.98. The first kappa shape index (κ1) is 21.5. The monoisotopic (exact) mass is 402 g/mol. The van der Waals surface area contributed by atoms with Crippen LogP contribution in [0, 0.1) is 0 Å². The number of hydrogen-bond acceptors (Lipinski definition) is 6. The number of aromatic amines is 1. The highest BCUT2D eigenvalue weighted by Gasteiger charge is 2.14. The number of ether oxygens (including phenoxy) is 2. The Bertz CT molecular complexity index is 873. The summed E-state index contributed by atoms with van der Waals surface area (Å²) in [5.74, 6) is 3.56. The third-order valence-corrected chi connectivity index (χ3v) is 3.88. The second-order valence-electron chi connectivity index (χ2n) is 5.65. The van der Waals surface area contributed by atoms with Gasteiger partial charge in [-0.1, -0.05) is 0 Å². The summed E-state index contributed by atoms with van der Waals surface area (Å²) < 4.78 is 13.4. The zero-order valence-corrected chi connectivity index (χ0v) is 15.6.